The van der Waals surface area contributed by atoms with E-state index in [0.29, 0.717) is 22.9 Å². The van der Waals surface area contributed by atoms with Crippen molar-refractivity contribution < 1.29 is 14.3 Å². The summed E-state index contributed by atoms with van der Waals surface area (Å²) in [4.78, 5) is 13.3. The fourth-order valence-electron chi connectivity index (χ4n) is 2.60. The van der Waals surface area contributed by atoms with E-state index < -0.39 is 17.8 Å². The van der Waals surface area contributed by atoms with Gasteiger partial charge in [0.05, 0.1) is 5.69 Å². The number of halogens is 1. The second-order valence-corrected chi connectivity index (χ2v) is 5.87. The van der Waals surface area contributed by atoms with E-state index in [0.717, 1.165) is 6.42 Å². The second kappa shape index (κ2) is 5.40. The third-order valence-electron chi connectivity index (χ3n) is 3.77. The monoisotopic (exact) mass is 280 g/mol. The smallest absolute Gasteiger partial charge is 0.257 e. The van der Waals surface area contributed by atoms with Gasteiger partial charge in [-0.25, -0.2) is 4.39 Å². The Balaban J connectivity index is 2.30. The molecule has 1 aliphatic heterocycles. The zero-order chi connectivity index (χ0) is 15.0. The fourth-order valence-corrected chi connectivity index (χ4v) is 2.60. The minimum atomic E-state index is -1.27. The summed E-state index contributed by atoms with van der Waals surface area (Å²) >= 11 is 0. The highest BCUT2D eigenvalue weighted by Gasteiger charge is 2.30. The lowest BCUT2D eigenvalue weighted by atomic mass is 10.0. The van der Waals surface area contributed by atoms with E-state index in [4.69, 9.17) is 0 Å². The first-order valence-corrected chi connectivity index (χ1v) is 6.86. The SMILES string of the molecule is CC(C)CC(C)N(C)c1cc2c(cc1F)C(O)C(=O)N2. The molecule has 1 heterocycles. The number of rotatable bonds is 4. The van der Waals surface area contributed by atoms with Crippen LogP contribution in [0.1, 0.15) is 38.9 Å². The van der Waals surface area contributed by atoms with Crippen molar-refractivity contribution in [2.45, 2.75) is 39.3 Å². The molecule has 2 N–H and O–H groups in total. The van der Waals surface area contributed by atoms with Crippen LogP contribution in [-0.4, -0.2) is 24.1 Å². The molecule has 1 aromatic carbocycles. The highest BCUT2D eigenvalue weighted by atomic mass is 19.1. The van der Waals surface area contributed by atoms with Crippen LogP contribution in [0.15, 0.2) is 12.1 Å². The van der Waals surface area contributed by atoms with Gasteiger partial charge >= 0.3 is 0 Å². The predicted octanol–water partition coefficient (Wildman–Crippen LogP) is 2.68. The molecule has 0 saturated heterocycles. The highest BCUT2D eigenvalue weighted by molar-refractivity contribution is 6.02. The number of hydrogen-bond acceptors (Lipinski definition) is 3. The lowest BCUT2D eigenvalue weighted by molar-refractivity contribution is -0.123. The van der Waals surface area contributed by atoms with Crippen LogP contribution in [0.3, 0.4) is 0 Å². The van der Waals surface area contributed by atoms with E-state index in [1.807, 2.05) is 18.9 Å². The third kappa shape index (κ3) is 2.63. The van der Waals surface area contributed by atoms with Crippen molar-refractivity contribution >= 4 is 17.3 Å². The van der Waals surface area contributed by atoms with Gasteiger partial charge in [0.25, 0.3) is 5.91 Å². The molecule has 0 fully saturated rings. The van der Waals surface area contributed by atoms with Gasteiger partial charge in [0.15, 0.2) is 6.10 Å². The number of benzene rings is 1. The van der Waals surface area contributed by atoms with Crippen LogP contribution in [0.2, 0.25) is 0 Å². The topological polar surface area (TPSA) is 52.6 Å². The third-order valence-corrected chi connectivity index (χ3v) is 3.77. The number of aliphatic hydroxyl groups excluding tert-OH is 1. The number of amides is 1. The number of fused-ring (bicyclic) bond motifs is 1. The van der Waals surface area contributed by atoms with Crippen molar-refractivity contribution in [1.29, 1.82) is 0 Å². The Hall–Kier alpha value is -1.62. The van der Waals surface area contributed by atoms with E-state index in [1.165, 1.54) is 6.07 Å². The van der Waals surface area contributed by atoms with Gasteiger partial charge in [0.2, 0.25) is 0 Å². The number of nitrogens with one attached hydrogen (secondary N) is 1. The van der Waals surface area contributed by atoms with Gasteiger partial charge in [-0.3, -0.25) is 4.79 Å². The standard InChI is InChI=1S/C15H21FN2O2/c1-8(2)5-9(3)18(4)13-7-12-10(6-11(13)16)14(19)15(20)17-12/h6-9,14,19H,5H2,1-4H3,(H,17,20). The molecule has 20 heavy (non-hydrogen) atoms. The average Bonchev–Trinajstić information content (AvgIpc) is 2.63. The van der Waals surface area contributed by atoms with E-state index in [1.54, 1.807) is 6.07 Å². The van der Waals surface area contributed by atoms with Gasteiger partial charge in [-0.1, -0.05) is 13.8 Å². The van der Waals surface area contributed by atoms with Crippen molar-refractivity contribution in [2.24, 2.45) is 5.92 Å². The molecule has 0 aromatic heterocycles. The Morgan fingerprint density at radius 2 is 2.05 bits per heavy atom. The van der Waals surface area contributed by atoms with Crippen LogP contribution in [0.5, 0.6) is 0 Å². The number of nitrogens with zero attached hydrogens (tertiary/aromatic N) is 1. The van der Waals surface area contributed by atoms with Crippen molar-refractivity contribution in [3.05, 3.63) is 23.5 Å². The molecule has 2 rings (SSSR count). The molecule has 2 unspecified atom stereocenters. The summed E-state index contributed by atoms with van der Waals surface area (Å²) in [5, 5.41) is 12.2. The second-order valence-electron chi connectivity index (χ2n) is 5.87. The maximum Gasteiger partial charge on any atom is 0.257 e. The normalized spacial score (nSPS) is 18.9. The maximum absolute atomic E-state index is 14.2. The molecular weight excluding hydrogens is 259 g/mol. The van der Waals surface area contributed by atoms with Crippen LogP contribution >= 0.6 is 0 Å². The average molecular weight is 280 g/mol. The van der Waals surface area contributed by atoms with Gasteiger partial charge in [0.1, 0.15) is 5.82 Å². The Morgan fingerprint density at radius 3 is 2.65 bits per heavy atom. The summed E-state index contributed by atoms with van der Waals surface area (Å²) in [5.74, 6) is -0.404. The van der Waals surface area contributed by atoms with Gasteiger partial charge < -0.3 is 15.3 Å². The van der Waals surface area contributed by atoms with E-state index in [2.05, 4.69) is 19.2 Å². The van der Waals surface area contributed by atoms with E-state index in [-0.39, 0.29) is 6.04 Å². The van der Waals surface area contributed by atoms with Crippen LogP contribution in [0.25, 0.3) is 0 Å². The molecule has 5 heteroatoms. The summed E-state index contributed by atoms with van der Waals surface area (Å²) in [7, 11) is 1.84. The molecular formula is C15H21FN2O2. The predicted molar refractivity (Wildman–Crippen MR) is 77.3 cm³/mol. The van der Waals surface area contributed by atoms with E-state index in [9.17, 15) is 14.3 Å². The lowest BCUT2D eigenvalue weighted by Crippen LogP contribution is -2.30. The van der Waals surface area contributed by atoms with Crippen LogP contribution in [0.4, 0.5) is 15.8 Å². The van der Waals surface area contributed by atoms with Gasteiger partial charge in [0, 0.05) is 24.3 Å². The van der Waals surface area contributed by atoms with Crippen molar-refractivity contribution in [2.75, 3.05) is 17.3 Å². The van der Waals surface area contributed by atoms with Crippen molar-refractivity contribution in [1.82, 2.24) is 0 Å². The summed E-state index contributed by atoms with van der Waals surface area (Å²) in [5.41, 5.74) is 1.23. The molecule has 0 saturated carbocycles. The Morgan fingerprint density at radius 1 is 1.40 bits per heavy atom. The zero-order valence-corrected chi connectivity index (χ0v) is 12.3. The van der Waals surface area contributed by atoms with Crippen LogP contribution in [-0.2, 0) is 4.79 Å². The Labute approximate surface area is 118 Å². The number of anilines is 2. The first-order chi connectivity index (χ1) is 9.31. The number of hydrogen-bond donors (Lipinski definition) is 2. The first kappa shape index (κ1) is 14.8. The minimum Gasteiger partial charge on any atom is -0.378 e. The fraction of sp³-hybridized carbons (Fsp3) is 0.533. The molecule has 0 radical (unpaired) electrons. The van der Waals surface area contributed by atoms with Crippen LogP contribution in [0, 0.1) is 11.7 Å². The quantitative estimate of drug-likeness (QED) is 0.891. The largest absolute Gasteiger partial charge is 0.378 e. The highest BCUT2D eigenvalue weighted by Crippen LogP contribution is 2.36. The Bertz CT molecular complexity index is 531. The summed E-state index contributed by atoms with van der Waals surface area (Å²) in [6, 6.07) is 3.02. The van der Waals surface area contributed by atoms with Crippen molar-refractivity contribution in [3.8, 4) is 0 Å². The molecule has 1 aliphatic rings. The number of aliphatic hydroxyl groups is 1. The zero-order valence-electron chi connectivity index (χ0n) is 12.3. The van der Waals surface area contributed by atoms with Gasteiger partial charge in [-0.05, 0) is 31.4 Å². The maximum atomic E-state index is 14.2. The summed E-state index contributed by atoms with van der Waals surface area (Å²) in [6.07, 6.45) is -0.325. The van der Waals surface area contributed by atoms with Crippen molar-refractivity contribution in [3.63, 3.8) is 0 Å². The van der Waals surface area contributed by atoms with E-state index >= 15 is 0 Å². The summed E-state index contributed by atoms with van der Waals surface area (Å²) in [6.45, 7) is 6.29. The first-order valence-electron chi connectivity index (χ1n) is 6.86. The number of carbonyl (C=O) groups excluding carboxylic acids is 1. The number of carbonyl (C=O) groups is 1. The molecule has 1 amide bonds. The molecule has 0 bridgehead atoms. The lowest BCUT2D eigenvalue weighted by Gasteiger charge is -2.29. The van der Waals surface area contributed by atoms with Gasteiger partial charge in [-0.2, -0.15) is 0 Å². The minimum absolute atomic E-state index is 0.185. The summed E-state index contributed by atoms with van der Waals surface area (Å²) < 4.78 is 14.2. The van der Waals surface area contributed by atoms with Crippen LogP contribution < -0.4 is 10.2 Å². The molecule has 0 spiro atoms. The van der Waals surface area contributed by atoms with Gasteiger partial charge in [-0.15, -0.1) is 0 Å². The molecule has 4 nitrogen and oxygen atoms in total. The Kier molecular flexibility index (Phi) is 3.99. The molecule has 110 valence electrons. The molecule has 1 aromatic rings. The molecule has 2 atom stereocenters. The molecule has 0 aliphatic carbocycles.